The van der Waals surface area contributed by atoms with Crippen LogP contribution in [0.2, 0.25) is 0 Å². The van der Waals surface area contributed by atoms with E-state index in [-0.39, 0.29) is 10.8 Å². The molecule has 0 bridgehead atoms. The first-order valence-corrected chi connectivity index (χ1v) is 10.9. The molecule has 6 nitrogen and oxygen atoms in total. The molecule has 0 radical (unpaired) electrons. The highest BCUT2D eigenvalue weighted by molar-refractivity contribution is 7.94. The number of urea groups is 1. The van der Waals surface area contributed by atoms with Crippen LogP contribution >= 0.6 is 0 Å². The summed E-state index contributed by atoms with van der Waals surface area (Å²) in [5, 5.41) is 0. The molecule has 2 aromatic carbocycles. The van der Waals surface area contributed by atoms with E-state index in [1.54, 1.807) is 35.2 Å². The molecule has 148 valence electrons. The van der Waals surface area contributed by atoms with Gasteiger partial charge in [0.15, 0.2) is 0 Å². The Morgan fingerprint density at radius 1 is 1.04 bits per heavy atom. The number of rotatable bonds is 3. The highest BCUT2D eigenvalue weighted by atomic mass is 32.2. The van der Waals surface area contributed by atoms with E-state index in [0.29, 0.717) is 31.1 Å². The van der Waals surface area contributed by atoms with Gasteiger partial charge in [-0.2, -0.15) is 4.31 Å². The quantitative estimate of drug-likeness (QED) is 0.785. The van der Waals surface area contributed by atoms with Crippen LogP contribution in [0.3, 0.4) is 0 Å². The third kappa shape index (κ3) is 3.18. The van der Waals surface area contributed by atoms with Gasteiger partial charge in [-0.05, 0) is 61.9 Å². The van der Waals surface area contributed by atoms with Crippen molar-refractivity contribution in [3.05, 3.63) is 53.6 Å². The van der Waals surface area contributed by atoms with Gasteiger partial charge in [-0.3, -0.25) is 4.90 Å². The van der Waals surface area contributed by atoms with Crippen molar-refractivity contribution >= 4 is 27.4 Å². The summed E-state index contributed by atoms with van der Waals surface area (Å²) in [4.78, 5) is 15.3. The summed E-state index contributed by atoms with van der Waals surface area (Å²) in [6, 6.07) is 11.7. The molecule has 0 saturated carbocycles. The number of ether oxygens (including phenoxy) is 1. The second-order valence-electron chi connectivity index (χ2n) is 7.48. The number of amides is 2. The lowest BCUT2D eigenvalue weighted by Gasteiger charge is -2.38. The van der Waals surface area contributed by atoms with E-state index in [4.69, 9.17) is 4.74 Å². The monoisotopic (exact) mass is 400 g/mol. The standard InChI is InChI=1S/C21H24N2O4S/c1-15-7-8-16(2)19(13-15)23-21(24)22(14-17-9-11-27-12-10-17)18-5-3-4-6-20(18)28(23,25)26/h3-8,13,17H,9-12,14H2,1-2H3. The molecule has 4 rings (SSSR count). The van der Waals surface area contributed by atoms with Crippen LogP contribution < -0.4 is 9.21 Å². The van der Waals surface area contributed by atoms with Gasteiger partial charge >= 0.3 is 6.03 Å². The Labute approximate surface area is 165 Å². The first-order valence-electron chi connectivity index (χ1n) is 9.50. The summed E-state index contributed by atoms with van der Waals surface area (Å²) in [7, 11) is -3.98. The van der Waals surface area contributed by atoms with Crippen LogP contribution in [0.4, 0.5) is 16.2 Å². The van der Waals surface area contributed by atoms with Crippen LogP contribution in [0, 0.1) is 19.8 Å². The van der Waals surface area contributed by atoms with Crippen LogP contribution in [0.5, 0.6) is 0 Å². The Bertz CT molecular complexity index is 1010. The summed E-state index contributed by atoms with van der Waals surface area (Å²) >= 11 is 0. The van der Waals surface area contributed by atoms with Crippen molar-refractivity contribution in [2.75, 3.05) is 29.0 Å². The van der Waals surface area contributed by atoms with Gasteiger partial charge in [0.25, 0.3) is 10.0 Å². The molecule has 0 unspecified atom stereocenters. The Kier molecular flexibility index (Phi) is 4.89. The number of fused-ring (bicyclic) bond motifs is 1. The molecule has 0 aromatic heterocycles. The number of benzene rings is 2. The van der Waals surface area contributed by atoms with Gasteiger partial charge in [-0.1, -0.05) is 24.3 Å². The first kappa shape index (κ1) is 19.0. The molecule has 2 aliphatic rings. The fourth-order valence-corrected chi connectivity index (χ4v) is 5.50. The molecule has 2 heterocycles. The third-order valence-electron chi connectivity index (χ3n) is 5.44. The van der Waals surface area contributed by atoms with Crippen LogP contribution in [0.15, 0.2) is 47.4 Å². The van der Waals surface area contributed by atoms with Gasteiger partial charge in [0.1, 0.15) is 4.90 Å². The van der Waals surface area contributed by atoms with Crippen molar-refractivity contribution in [3.63, 3.8) is 0 Å². The number of hydrogen-bond donors (Lipinski definition) is 0. The van der Waals surface area contributed by atoms with Gasteiger partial charge in [0.05, 0.1) is 11.4 Å². The van der Waals surface area contributed by atoms with Crippen molar-refractivity contribution in [1.82, 2.24) is 0 Å². The number of carbonyl (C=O) groups is 1. The van der Waals surface area contributed by atoms with Gasteiger partial charge in [0.2, 0.25) is 0 Å². The maximum absolute atomic E-state index is 13.5. The van der Waals surface area contributed by atoms with Crippen LogP contribution in [-0.4, -0.2) is 34.2 Å². The fraction of sp³-hybridized carbons (Fsp3) is 0.381. The molecule has 2 amide bonds. The minimum Gasteiger partial charge on any atom is -0.381 e. The van der Waals surface area contributed by atoms with E-state index >= 15 is 0 Å². The summed E-state index contributed by atoms with van der Waals surface area (Å²) in [6.07, 6.45) is 1.73. The number of aryl methyl sites for hydroxylation is 2. The van der Waals surface area contributed by atoms with Gasteiger partial charge in [-0.15, -0.1) is 0 Å². The number of anilines is 2. The van der Waals surface area contributed by atoms with Gasteiger partial charge in [-0.25, -0.2) is 13.2 Å². The topological polar surface area (TPSA) is 66.9 Å². The molecule has 0 N–H and O–H groups in total. The molecule has 1 fully saturated rings. The van der Waals surface area contributed by atoms with Crippen molar-refractivity contribution in [3.8, 4) is 0 Å². The Hall–Kier alpha value is -2.38. The van der Waals surface area contributed by atoms with Crippen LogP contribution in [-0.2, 0) is 14.8 Å². The number of sulfonamides is 1. The average molecular weight is 401 g/mol. The fourth-order valence-electron chi connectivity index (χ4n) is 3.85. The zero-order valence-corrected chi connectivity index (χ0v) is 16.9. The second kappa shape index (κ2) is 7.22. The van der Waals surface area contributed by atoms with Gasteiger partial charge < -0.3 is 4.74 Å². The van der Waals surface area contributed by atoms with Crippen LogP contribution in [0.25, 0.3) is 0 Å². The smallest absolute Gasteiger partial charge is 0.343 e. The Morgan fingerprint density at radius 3 is 2.50 bits per heavy atom. The molecule has 2 aromatic rings. The number of para-hydroxylation sites is 1. The van der Waals surface area contributed by atoms with Crippen molar-refractivity contribution < 1.29 is 17.9 Å². The molecule has 0 atom stereocenters. The molecule has 7 heteroatoms. The number of hydrogen-bond acceptors (Lipinski definition) is 4. The Balaban J connectivity index is 1.84. The van der Waals surface area contributed by atoms with E-state index in [1.165, 1.54) is 0 Å². The molecule has 0 aliphatic carbocycles. The van der Waals surface area contributed by atoms with Crippen molar-refractivity contribution in [2.45, 2.75) is 31.6 Å². The highest BCUT2D eigenvalue weighted by Crippen LogP contribution is 2.39. The number of nitrogens with zero attached hydrogens (tertiary/aromatic N) is 2. The summed E-state index contributed by atoms with van der Waals surface area (Å²) in [5.41, 5.74) is 2.52. The predicted molar refractivity (Wildman–Crippen MR) is 108 cm³/mol. The predicted octanol–water partition coefficient (Wildman–Crippen LogP) is 3.87. The van der Waals surface area contributed by atoms with E-state index in [0.717, 1.165) is 28.3 Å². The molecule has 1 saturated heterocycles. The average Bonchev–Trinajstić information content (AvgIpc) is 2.69. The molecule has 28 heavy (non-hydrogen) atoms. The lowest BCUT2D eigenvalue weighted by atomic mass is 9.99. The Morgan fingerprint density at radius 2 is 1.75 bits per heavy atom. The van der Waals surface area contributed by atoms with E-state index in [9.17, 15) is 13.2 Å². The molecule has 2 aliphatic heterocycles. The van der Waals surface area contributed by atoms with Crippen LogP contribution in [0.1, 0.15) is 24.0 Å². The largest absolute Gasteiger partial charge is 0.381 e. The maximum atomic E-state index is 13.5. The maximum Gasteiger partial charge on any atom is 0.343 e. The minimum atomic E-state index is -3.98. The summed E-state index contributed by atoms with van der Waals surface area (Å²) in [5.74, 6) is 0.284. The summed E-state index contributed by atoms with van der Waals surface area (Å²) in [6.45, 7) is 5.54. The lowest BCUT2D eigenvalue weighted by Crippen LogP contribution is -2.52. The first-order chi connectivity index (χ1) is 13.4. The molecular weight excluding hydrogens is 376 g/mol. The van der Waals surface area contributed by atoms with E-state index in [1.807, 2.05) is 26.0 Å². The van der Waals surface area contributed by atoms with Gasteiger partial charge in [0, 0.05) is 19.8 Å². The van der Waals surface area contributed by atoms with Crippen molar-refractivity contribution in [2.24, 2.45) is 5.92 Å². The third-order valence-corrected chi connectivity index (χ3v) is 7.18. The lowest BCUT2D eigenvalue weighted by molar-refractivity contribution is 0.0685. The molecule has 0 spiro atoms. The highest BCUT2D eigenvalue weighted by Gasteiger charge is 2.43. The van der Waals surface area contributed by atoms with Crippen molar-refractivity contribution in [1.29, 1.82) is 0 Å². The zero-order valence-electron chi connectivity index (χ0n) is 16.1. The van der Waals surface area contributed by atoms with E-state index in [2.05, 4.69) is 0 Å². The second-order valence-corrected chi connectivity index (χ2v) is 9.23. The summed E-state index contributed by atoms with van der Waals surface area (Å²) < 4.78 is 33.1. The minimum absolute atomic E-state index is 0.169. The number of carbonyl (C=O) groups excluding carboxylic acids is 1. The van der Waals surface area contributed by atoms with E-state index < -0.39 is 16.1 Å². The molecular formula is C21H24N2O4S. The normalized spacial score (nSPS) is 19.6. The zero-order chi connectivity index (χ0) is 19.9. The SMILES string of the molecule is Cc1ccc(C)c(N2C(=O)N(CC3CCOCC3)c3ccccc3S2(=O)=O)c1.